The molecule has 184 valence electrons. The van der Waals surface area contributed by atoms with Gasteiger partial charge in [0, 0.05) is 5.02 Å². The number of halogens is 2. The van der Waals surface area contributed by atoms with Crippen molar-refractivity contribution in [2.45, 2.75) is 46.1 Å². The van der Waals surface area contributed by atoms with Gasteiger partial charge in [-0.25, -0.2) is 5.43 Å². The maximum Gasteiger partial charge on any atom is 0.244 e. The molecule has 0 aliphatic carbocycles. The van der Waals surface area contributed by atoms with E-state index in [1.54, 1.807) is 6.21 Å². The molecule has 1 N–H and O–H groups in total. The minimum absolute atomic E-state index is 0.0827. The monoisotopic (exact) mass is 604 g/mol. The molecule has 35 heavy (non-hydrogen) atoms. The molecule has 0 saturated carbocycles. The first kappa shape index (κ1) is 27.0. The van der Waals surface area contributed by atoms with Gasteiger partial charge in [-0.05, 0) is 81.4 Å². The van der Waals surface area contributed by atoms with E-state index in [1.807, 2.05) is 55.5 Å². The van der Waals surface area contributed by atoms with Crippen molar-refractivity contribution in [2.24, 2.45) is 5.10 Å². The number of amides is 1. The molecule has 3 aromatic carbocycles. The average Bonchev–Trinajstić information content (AvgIpc) is 2.80. The highest BCUT2D eigenvalue weighted by molar-refractivity contribution is 14.1. The van der Waals surface area contributed by atoms with Crippen LogP contribution in [0.3, 0.4) is 0 Å². The fourth-order valence-corrected chi connectivity index (χ4v) is 4.24. The van der Waals surface area contributed by atoms with Crippen LogP contribution in [0, 0.1) is 3.57 Å². The fourth-order valence-electron chi connectivity index (χ4n) is 3.33. The van der Waals surface area contributed by atoms with Gasteiger partial charge in [0.2, 0.25) is 5.91 Å². The second-order valence-corrected chi connectivity index (χ2v) is 10.7. The first-order valence-corrected chi connectivity index (χ1v) is 12.9. The van der Waals surface area contributed by atoms with Crippen LogP contribution >= 0.6 is 34.2 Å². The van der Waals surface area contributed by atoms with Gasteiger partial charge in [-0.1, -0.05) is 68.8 Å². The summed E-state index contributed by atoms with van der Waals surface area (Å²) in [5, 5.41) is 4.82. The van der Waals surface area contributed by atoms with Crippen molar-refractivity contribution in [3.8, 4) is 11.5 Å². The van der Waals surface area contributed by atoms with E-state index in [2.05, 4.69) is 66.0 Å². The van der Waals surface area contributed by atoms with Gasteiger partial charge in [0.15, 0.2) is 11.5 Å². The smallest absolute Gasteiger partial charge is 0.244 e. The number of ether oxygens (including phenoxy) is 2. The lowest BCUT2D eigenvalue weighted by atomic mass is 9.86. The Morgan fingerprint density at radius 2 is 1.69 bits per heavy atom. The van der Waals surface area contributed by atoms with E-state index in [9.17, 15) is 4.79 Å². The molecule has 0 atom stereocenters. The molecule has 0 fully saturated rings. The van der Waals surface area contributed by atoms with Crippen LogP contribution in [0.15, 0.2) is 65.8 Å². The second kappa shape index (κ2) is 12.4. The molecule has 0 unspecified atom stereocenters. The third-order valence-electron chi connectivity index (χ3n) is 5.22. The van der Waals surface area contributed by atoms with Gasteiger partial charge in [0.05, 0.1) is 22.8 Å². The summed E-state index contributed by atoms with van der Waals surface area (Å²) in [6, 6.07) is 19.4. The van der Waals surface area contributed by atoms with Gasteiger partial charge in [-0.2, -0.15) is 5.10 Å². The molecule has 1 amide bonds. The number of benzene rings is 3. The predicted octanol–water partition coefficient (Wildman–Crippen LogP) is 6.91. The molecule has 5 nitrogen and oxygen atoms in total. The largest absolute Gasteiger partial charge is 0.490 e. The number of hydrazone groups is 1. The maximum absolute atomic E-state index is 12.3. The van der Waals surface area contributed by atoms with Crippen LogP contribution in [0.2, 0.25) is 5.02 Å². The van der Waals surface area contributed by atoms with E-state index in [-0.39, 0.29) is 17.7 Å². The van der Waals surface area contributed by atoms with Crippen molar-refractivity contribution in [1.29, 1.82) is 0 Å². The Kier molecular flexibility index (Phi) is 9.57. The van der Waals surface area contributed by atoms with Crippen molar-refractivity contribution >= 4 is 46.3 Å². The Morgan fingerprint density at radius 3 is 2.31 bits per heavy atom. The topological polar surface area (TPSA) is 59.9 Å². The Bertz CT molecular complexity index is 1170. The van der Waals surface area contributed by atoms with Crippen LogP contribution in [0.25, 0.3) is 0 Å². The van der Waals surface area contributed by atoms with Gasteiger partial charge >= 0.3 is 0 Å². The average molecular weight is 605 g/mol. The maximum atomic E-state index is 12.3. The summed E-state index contributed by atoms with van der Waals surface area (Å²) in [5.74, 6) is 1.12. The molecule has 0 spiro atoms. The van der Waals surface area contributed by atoms with Crippen molar-refractivity contribution < 1.29 is 14.3 Å². The van der Waals surface area contributed by atoms with E-state index in [4.69, 9.17) is 21.1 Å². The molecule has 3 rings (SSSR count). The summed E-state index contributed by atoms with van der Waals surface area (Å²) in [6.45, 7) is 9.32. The number of carbonyl (C=O) groups is 1. The minimum atomic E-state index is -0.174. The first-order chi connectivity index (χ1) is 16.7. The zero-order valence-electron chi connectivity index (χ0n) is 20.4. The van der Waals surface area contributed by atoms with E-state index >= 15 is 0 Å². The van der Waals surface area contributed by atoms with Crippen LogP contribution in [0.5, 0.6) is 11.5 Å². The van der Waals surface area contributed by atoms with Crippen molar-refractivity contribution in [2.75, 3.05) is 6.61 Å². The van der Waals surface area contributed by atoms with Crippen LogP contribution in [0.4, 0.5) is 0 Å². The van der Waals surface area contributed by atoms with Gasteiger partial charge in [0.25, 0.3) is 0 Å². The summed E-state index contributed by atoms with van der Waals surface area (Å²) >= 11 is 8.17. The van der Waals surface area contributed by atoms with Gasteiger partial charge in [-0.15, -0.1) is 0 Å². The Morgan fingerprint density at radius 1 is 1.03 bits per heavy atom. The number of hydrogen-bond acceptors (Lipinski definition) is 4. The van der Waals surface area contributed by atoms with Gasteiger partial charge in [0.1, 0.15) is 6.61 Å². The number of hydrogen-bond donors (Lipinski definition) is 1. The van der Waals surface area contributed by atoms with E-state index in [0.717, 1.165) is 20.3 Å². The highest BCUT2D eigenvalue weighted by Gasteiger charge is 2.14. The van der Waals surface area contributed by atoms with Gasteiger partial charge < -0.3 is 9.47 Å². The molecule has 0 bridgehead atoms. The quantitative estimate of drug-likeness (QED) is 0.164. The Labute approximate surface area is 226 Å². The second-order valence-electron chi connectivity index (χ2n) is 9.10. The molecule has 0 aliphatic heterocycles. The minimum Gasteiger partial charge on any atom is -0.490 e. The first-order valence-electron chi connectivity index (χ1n) is 11.4. The predicted molar refractivity (Wildman–Crippen MR) is 151 cm³/mol. The molecule has 0 radical (unpaired) electrons. The fraction of sp³-hybridized carbons (Fsp3) is 0.286. The molecule has 0 saturated heterocycles. The molecule has 0 aromatic heterocycles. The number of nitrogens with one attached hydrogen (secondary N) is 1. The molecular weight excluding hydrogens is 575 g/mol. The zero-order valence-corrected chi connectivity index (χ0v) is 23.3. The van der Waals surface area contributed by atoms with E-state index < -0.39 is 0 Å². The third-order valence-corrected chi connectivity index (χ3v) is 6.27. The summed E-state index contributed by atoms with van der Waals surface area (Å²) in [6.07, 6.45) is 1.87. The summed E-state index contributed by atoms with van der Waals surface area (Å²) < 4.78 is 12.7. The van der Waals surface area contributed by atoms with Crippen molar-refractivity contribution in [3.63, 3.8) is 0 Å². The van der Waals surface area contributed by atoms with E-state index in [0.29, 0.717) is 29.7 Å². The highest BCUT2D eigenvalue weighted by atomic mass is 127. The molecular formula is C28H30ClIN2O3. The SMILES string of the molecule is CCOc1cc(/C=N\NC(=O)Cc2ccc(C(C)(C)C)cc2)cc(I)c1OCc1ccc(Cl)cc1. The summed E-state index contributed by atoms with van der Waals surface area (Å²) in [7, 11) is 0. The van der Waals surface area contributed by atoms with Crippen molar-refractivity contribution in [3.05, 3.63) is 91.5 Å². The lowest BCUT2D eigenvalue weighted by Crippen LogP contribution is -2.20. The van der Waals surface area contributed by atoms with E-state index in [1.165, 1.54) is 5.56 Å². The Hall–Kier alpha value is -2.58. The molecule has 7 heteroatoms. The zero-order chi connectivity index (χ0) is 25.4. The van der Waals surface area contributed by atoms with Crippen molar-refractivity contribution in [1.82, 2.24) is 5.43 Å². The lowest BCUT2D eigenvalue weighted by molar-refractivity contribution is -0.120. The van der Waals surface area contributed by atoms with Gasteiger partial charge in [-0.3, -0.25) is 4.79 Å². The molecule has 3 aromatic rings. The number of rotatable bonds is 9. The third kappa shape index (κ3) is 8.25. The number of carbonyl (C=O) groups excluding carboxylic acids is 1. The number of nitrogens with zero attached hydrogens (tertiary/aromatic N) is 1. The van der Waals surface area contributed by atoms with Crippen LogP contribution in [0.1, 0.15) is 49.9 Å². The van der Waals surface area contributed by atoms with Crippen LogP contribution < -0.4 is 14.9 Å². The van der Waals surface area contributed by atoms with Crippen LogP contribution in [-0.4, -0.2) is 18.7 Å². The van der Waals surface area contributed by atoms with Crippen LogP contribution in [-0.2, 0) is 23.2 Å². The standard InChI is InChI=1S/C28H30ClIN2O3/c1-5-34-25-15-21(14-24(30)27(25)35-18-20-8-12-23(29)13-9-20)17-31-32-26(33)16-19-6-10-22(11-7-19)28(2,3)4/h6-15,17H,5,16,18H2,1-4H3,(H,32,33)/b31-17-. The summed E-state index contributed by atoms with van der Waals surface area (Å²) in [5.41, 5.74) is 6.68. The normalized spacial score (nSPS) is 11.5. The highest BCUT2D eigenvalue weighted by Crippen LogP contribution is 2.34. The lowest BCUT2D eigenvalue weighted by Gasteiger charge is -2.19. The summed E-state index contributed by atoms with van der Waals surface area (Å²) in [4.78, 5) is 12.3. The Balaban J connectivity index is 1.63. The molecule has 0 heterocycles. The molecule has 0 aliphatic rings.